The second-order valence-electron chi connectivity index (χ2n) is 4.15. The van der Waals surface area contributed by atoms with Crippen molar-refractivity contribution < 1.29 is 14.0 Å². The number of nitrogens with one attached hydrogen (secondary N) is 2. The van der Waals surface area contributed by atoms with Crippen molar-refractivity contribution in [1.82, 2.24) is 0 Å². The number of hydrogen-bond donors (Lipinski definition) is 2. The molecule has 2 rings (SSSR count). The smallest absolute Gasteiger partial charge is 0.291 e. The second kappa shape index (κ2) is 5.39. The van der Waals surface area contributed by atoms with Gasteiger partial charge in [0.25, 0.3) is 5.91 Å². The minimum absolute atomic E-state index is 0.162. The number of furan rings is 1. The molecule has 0 aliphatic rings. The molecule has 0 saturated heterocycles. The third-order valence-corrected chi connectivity index (χ3v) is 2.51. The zero-order valence-electron chi connectivity index (χ0n) is 10.7. The molecule has 0 aliphatic heterocycles. The predicted molar refractivity (Wildman–Crippen MR) is 72.1 cm³/mol. The van der Waals surface area contributed by atoms with Crippen LogP contribution < -0.4 is 10.6 Å². The number of carbonyl (C=O) groups excluding carboxylic acids is 2. The quantitative estimate of drug-likeness (QED) is 0.889. The van der Waals surface area contributed by atoms with Gasteiger partial charge in [0.2, 0.25) is 5.91 Å². The van der Waals surface area contributed by atoms with Crippen molar-refractivity contribution in [2.75, 3.05) is 10.6 Å². The molecule has 0 bridgehead atoms. The topological polar surface area (TPSA) is 71.3 Å². The average molecular weight is 258 g/mol. The Labute approximate surface area is 110 Å². The van der Waals surface area contributed by atoms with Gasteiger partial charge in [-0.15, -0.1) is 0 Å². The Morgan fingerprint density at radius 2 is 1.79 bits per heavy atom. The summed E-state index contributed by atoms with van der Waals surface area (Å²) in [6.45, 7) is 3.23. The molecule has 1 aromatic heterocycles. The van der Waals surface area contributed by atoms with E-state index in [4.69, 9.17) is 4.42 Å². The van der Waals surface area contributed by atoms with Gasteiger partial charge in [0.05, 0.1) is 6.26 Å². The highest BCUT2D eigenvalue weighted by Gasteiger charge is 2.12. The number of anilines is 2. The van der Waals surface area contributed by atoms with Crippen molar-refractivity contribution in [3.63, 3.8) is 0 Å². The van der Waals surface area contributed by atoms with Gasteiger partial charge in [-0.2, -0.15) is 0 Å². The number of benzene rings is 1. The number of hydrogen-bond acceptors (Lipinski definition) is 3. The van der Waals surface area contributed by atoms with Crippen LogP contribution in [0.3, 0.4) is 0 Å². The van der Waals surface area contributed by atoms with Crippen LogP contribution in [0.4, 0.5) is 11.4 Å². The normalized spacial score (nSPS) is 10.0. The largest absolute Gasteiger partial charge is 0.459 e. The Balaban J connectivity index is 2.13. The summed E-state index contributed by atoms with van der Waals surface area (Å²) < 4.78 is 5.11. The lowest BCUT2D eigenvalue weighted by Gasteiger charge is -2.07. The first-order valence-corrected chi connectivity index (χ1v) is 5.79. The number of aryl methyl sites for hydroxylation is 1. The van der Waals surface area contributed by atoms with Crippen LogP contribution >= 0.6 is 0 Å². The fourth-order valence-corrected chi connectivity index (χ4v) is 1.67. The van der Waals surface area contributed by atoms with Crippen LogP contribution in [0.15, 0.2) is 41.0 Å². The van der Waals surface area contributed by atoms with E-state index in [2.05, 4.69) is 10.6 Å². The molecule has 1 heterocycles. The Kier molecular flexibility index (Phi) is 3.66. The fourth-order valence-electron chi connectivity index (χ4n) is 1.67. The van der Waals surface area contributed by atoms with Gasteiger partial charge in [0.15, 0.2) is 5.76 Å². The van der Waals surface area contributed by atoms with E-state index >= 15 is 0 Å². The molecule has 1 aromatic carbocycles. The van der Waals surface area contributed by atoms with Gasteiger partial charge in [-0.25, -0.2) is 0 Å². The van der Waals surface area contributed by atoms with Crippen molar-refractivity contribution in [2.45, 2.75) is 13.8 Å². The minimum Gasteiger partial charge on any atom is -0.459 e. The van der Waals surface area contributed by atoms with Crippen LogP contribution in [0.5, 0.6) is 0 Å². The Morgan fingerprint density at radius 3 is 2.37 bits per heavy atom. The van der Waals surface area contributed by atoms with Crippen LogP contribution in [-0.2, 0) is 4.79 Å². The molecule has 0 atom stereocenters. The number of rotatable bonds is 3. The van der Waals surface area contributed by atoms with Crippen molar-refractivity contribution in [2.24, 2.45) is 0 Å². The van der Waals surface area contributed by atoms with Crippen molar-refractivity contribution in [3.8, 4) is 0 Å². The van der Waals surface area contributed by atoms with Gasteiger partial charge in [-0.05, 0) is 31.2 Å². The third-order valence-electron chi connectivity index (χ3n) is 2.51. The molecule has 0 saturated carbocycles. The van der Waals surface area contributed by atoms with Crippen molar-refractivity contribution in [1.29, 1.82) is 0 Å². The Hall–Kier alpha value is -2.56. The highest BCUT2D eigenvalue weighted by molar-refractivity contribution is 6.03. The molecule has 0 radical (unpaired) electrons. The summed E-state index contributed by atoms with van der Waals surface area (Å²) in [5.41, 5.74) is 1.99. The summed E-state index contributed by atoms with van der Waals surface area (Å²) in [5, 5.41) is 5.37. The molecular formula is C14H14N2O3. The summed E-state index contributed by atoms with van der Waals surface area (Å²) in [5.74, 6) is -0.197. The molecule has 0 unspecified atom stereocenters. The molecule has 2 amide bonds. The molecular weight excluding hydrogens is 244 g/mol. The second-order valence-corrected chi connectivity index (χ2v) is 4.15. The van der Waals surface area contributed by atoms with Gasteiger partial charge in [-0.3, -0.25) is 9.59 Å². The Morgan fingerprint density at radius 1 is 1.11 bits per heavy atom. The van der Waals surface area contributed by atoms with Crippen LogP contribution in [-0.4, -0.2) is 11.8 Å². The minimum atomic E-state index is -0.317. The third kappa shape index (κ3) is 3.22. The standard InChI is InChI=1S/C14H14N2O3/c1-9-6-7-19-13(9)14(18)16-12-5-3-4-11(8-12)15-10(2)17/h3-8H,1-2H3,(H,15,17)(H,16,18). The van der Waals surface area contributed by atoms with E-state index < -0.39 is 0 Å². The zero-order chi connectivity index (χ0) is 13.8. The van der Waals surface area contributed by atoms with Crippen molar-refractivity contribution >= 4 is 23.2 Å². The molecule has 0 aliphatic carbocycles. The lowest BCUT2D eigenvalue weighted by molar-refractivity contribution is -0.114. The van der Waals surface area contributed by atoms with E-state index in [1.807, 2.05) is 0 Å². The summed E-state index contributed by atoms with van der Waals surface area (Å²) in [6, 6.07) is 8.63. The van der Waals surface area contributed by atoms with E-state index in [9.17, 15) is 9.59 Å². The van der Waals surface area contributed by atoms with Gasteiger partial charge in [0.1, 0.15) is 0 Å². The predicted octanol–water partition coefficient (Wildman–Crippen LogP) is 2.80. The van der Waals surface area contributed by atoms with E-state index in [1.54, 1.807) is 37.3 Å². The highest BCUT2D eigenvalue weighted by atomic mass is 16.3. The van der Waals surface area contributed by atoms with Gasteiger partial charge in [-0.1, -0.05) is 6.07 Å². The van der Waals surface area contributed by atoms with E-state index in [-0.39, 0.29) is 17.6 Å². The first-order chi connectivity index (χ1) is 9.06. The average Bonchev–Trinajstić information content (AvgIpc) is 2.75. The fraction of sp³-hybridized carbons (Fsp3) is 0.143. The van der Waals surface area contributed by atoms with E-state index in [1.165, 1.54) is 13.2 Å². The molecule has 5 heteroatoms. The first-order valence-electron chi connectivity index (χ1n) is 5.79. The van der Waals surface area contributed by atoms with Gasteiger partial charge < -0.3 is 15.1 Å². The number of amides is 2. The van der Waals surface area contributed by atoms with Crippen LogP contribution in [0.1, 0.15) is 23.0 Å². The summed E-state index contributed by atoms with van der Waals surface area (Å²) in [7, 11) is 0. The zero-order valence-corrected chi connectivity index (χ0v) is 10.7. The van der Waals surface area contributed by atoms with Crippen LogP contribution in [0.2, 0.25) is 0 Å². The van der Waals surface area contributed by atoms with E-state index in [0.717, 1.165) is 5.56 Å². The maximum Gasteiger partial charge on any atom is 0.291 e. The lowest BCUT2D eigenvalue weighted by Crippen LogP contribution is -2.12. The molecule has 5 nitrogen and oxygen atoms in total. The van der Waals surface area contributed by atoms with Crippen molar-refractivity contribution in [3.05, 3.63) is 47.9 Å². The summed E-state index contributed by atoms with van der Waals surface area (Å²) >= 11 is 0. The Bertz CT molecular complexity index is 617. The van der Waals surface area contributed by atoms with Gasteiger partial charge >= 0.3 is 0 Å². The summed E-state index contributed by atoms with van der Waals surface area (Å²) in [4.78, 5) is 22.9. The number of carbonyl (C=O) groups is 2. The van der Waals surface area contributed by atoms with Crippen LogP contribution in [0.25, 0.3) is 0 Å². The van der Waals surface area contributed by atoms with Gasteiger partial charge in [0, 0.05) is 23.9 Å². The van der Waals surface area contributed by atoms with Crippen LogP contribution in [0, 0.1) is 6.92 Å². The maximum atomic E-state index is 11.9. The maximum absolute atomic E-state index is 11.9. The lowest BCUT2D eigenvalue weighted by atomic mass is 10.2. The first kappa shape index (κ1) is 12.9. The molecule has 2 aromatic rings. The summed E-state index contributed by atoms with van der Waals surface area (Å²) in [6.07, 6.45) is 1.47. The van der Waals surface area contributed by atoms with E-state index in [0.29, 0.717) is 11.4 Å². The highest BCUT2D eigenvalue weighted by Crippen LogP contribution is 2.17. The molecule has 98 valence electrons. The SMILES string of the molecule is CC(=O)Nc1cccc(NC(=O)c2occc2C)c1. The molecule has 2 N–H and O–H groups in total. The molecule has 0 fully saturated rings. The molecule has 0 spiro atoms. The molecule has 19 heavy (non-hydrogen) atoms. The monoisotopic (exact) mass is 258 g/mol.